The fraction of sp³-hybridized carbons (Fsp3) is 0.632. The van der Waals surface area contributed by atoms with Crippen LogP contribution in [0, 0.1) is 0 Å². The molecule has 0 spiro atoms. The Morgan fingerprint density at radius 1 is 0.905 bits per heavy atom. The van der Waals surface area contributed by atoms with Gasteiger partial charge in [-0.3, -0.25) is 4.79 Å². The van der Waals surface area contributed by atoms with Gasteiger partial charge in [-0.2, -0.15) is 0 Å². The molecule has 0 heterocycles. The minimum atomic E-state index is 0.865. The highest BCUT2D eigenvalue weighted by molar-refractivity contribution is 5.80. The first kappa shape index (κ1) is 17.7. The van der Waals surface area contributed by atoms with Crippen molar-refractivity contribution in [3.63, 3.8) is 0 Å². The maximum absolute atomic E-state index is 11.3. The van der Waals surface area contributed by atoms with Crippen LogP contribution in [0.15, 0.2) is 12.1 Å². The Kier molecular flexibility index (Phi) is 8.11. The zero-order valence-electron chi connectivity index (χ0n) is 14.2. The number of carbonyl (C=O) groups is 1. The summed E-state index contributed by atoms with van der Waals surface area (Å²) in [5.41, 5.74) is 4.82. The number of nitrogens with zero attached hydrogens (tertiary/aromatic N) is 1. The summed E-state index contributed by atoms with van der Waals surface area (Å²) < 4.78 is 0. The third-order valence-corrected chi connectivity index (χ3v) is 4.18. The number of rotatable bonds is 10. The van der Waals surface area contributed by atoms with E-state index in [2.05, 4.69) is 38.7 Å². The van der Waals surface area contributed by atoms with E-state index in [0.29, 0.717) is 0 Å². The molecule has 0 aliphatic rings. The van der Waals surface area contributed by atoms with Gasteiger partial charge in [0.25, 0.3) is 0 Å². The Morgan fingerprint density at radius 2 is 1.48 bits per heavy atom. The third kappa shape index (κ3) is 4.59. The summed E-state index contributed by atoms with van der Waals surface area (Å²) in [5, 5.41) is 0. The van der Waals surface area contributed by atoms with Gasteiger partial charge >= 0.3 is 0 Å². The Bertz CT molecular complexity index is 431. The molecular formula is C19H31NO. The lowest BCUT2D eigenvalue weighted by molar-refractivity contribution is 0.112. The van der Waals surface area contributed by atoms with Crippen molar-refractivity contribution in [2.75, 3.05) is 18.0 Å². The van der Waals surface area contributed by atoms with Crippen molar-refractivity contribution in [1.29, 1.82) is 0 Å². The van der Waals surface area contributed by atoms with Crippen LogP contribution >= 0.6 is 0 Å². The fourth-order valence-electron chi connectivity index (χ4n) is 2.97. The van der Waals surface area contributed by atoms with E-state index in [1.807, 2.05) is 6.07 Å². The van der Waals surface area contributed by atoms with Gasteiger partial charge in [-0.1, -0.05) is 40.5 Å². The van der Waals surface area contributed by atoms with Gasteiger partial charge in [-0.25, -0.2) is 0 Å². The Labute approximate surface area is 130 Å². The van der Waals surface area contributed by atoms with E-state index in [9.17, 15) is 4.79 Å². The molecule has 2 nitrogen and oxygen atoms in total. The van der Waals surface area contributed by atoms with Gasteiger partial charge in [0.1, 0.15) is 6.29 Å². The fourth-order valence-corrected chi connectivity index (χ4v) is 2.97. The summed E-state index contributed by atoms with van der Waals surface area (Å²) in [5.74, 6) is 0. The molecule has 0 saturated heterocycles. The van der Waals surface area contributed by atoms with Crippen LogP contribution in [0.3, 0.4) is 0 Å². The average molecular weight is 289 g/mol. The Hall–Kier alpha value is -1.31. The van der Waals surface area contributed by atoms with Crippen molar-refractivity contribution in [2.24, 2.45) is 0 Å². The summed E-state index contributed by atoms with van der Waals surface area (Å²) in [6, 6.07) is 4.16. The van der Waals surface area contributed by atoms with Gasteiger partial charge in [0, 0.05) is 24.3 Å². The highest BCUT2D eigenvalue weighted by Gasteiger charge is 2.15. The van der Waals surface area contributed by atoms with E-state index < -0.39 is 0 Å². The first-order valence-electron chi connectivity index (χ1n) is 8.58. The van der Waals surface area contributed by atoms with Crippen LogP contribution in [0.5, 0.6) is 0 Å². The lowest BCUT2D eigenvalue weighted by Crippen LogP contribution is -2.27. The topological polar surface area (TPSA) is 20.3 Å². The first-order chi connectivity index (χ1) is 10.2. The van der Waals surface area contributed by atoms with Crippen molar-refractivity contribution >= 4 is 12.0 Å². The molecular weight excluding hydrogens is 258 g/mol. The standard InChI is InChI=1S/C19H31NO/c1-5-9-13-20(14-10-6-2)19-12-11-16(15-21)17(7-3)18(19)8-4/h11-12,15H,5-10,13-14H2,1-4H3. The molecule has 21 heavy (non-hydrogen) atoms. The van der Waals surface area contributed by atoms with Crippen molar-refractivity contribution in [2.45, 2.75) is 66.2 Å². The van der Waals surface area contributed by atoms with Crippen molar-refractivity contribution in [1.82, 2.24) is 0 Å². The molecule has 118 valence electrons. The third-order valence-electron chi connectivity index (χ3n) is 4.18. The Morgan fingerprint density at radius 3 is 1.90 bits per heavy atom. The minimum absolute atomic E-state index is 0.865. The summed E-state index contributed by atoms with van der Waals surface area (Å²) in [4.78, 5) is 13.8. The predicted octanol–water partition coefficient (Wildman–Crippen LogP) is 5.03. The maximum atomic E-state index is 11.3. The number of benzene rings is 1. The van der Waals surface area contributed by atoms with Gasteiger partial charge in [0.2, 0.25) is 0 Å². The van der Waals surface area contributed by atoms with Crippen LogP contribution in [-0.2, 0) is 12.8 Å². The average Bonchev–Trinajstić information content (AvgIpc) is 2.53. The lowest BCUT2D eigenvalue weighted by Gasteiger charge is -2.28. The maximum Gasteiger partial charge on any atom is 0.150 e. The van der Waals surface area contributed by atoms with E-state index in [-0.39, 0.29) is 0 Å². The lowest BCUT2D eigenvalue weighted by atomic mass is 9.95. The molecule has 1 rings (SSSR count). The first-order valence-corrected chi connectivity index (χ1v) is 8.58. The molecule has 1 aromatic rings. The van der Waals surface area contributed by atoms with Gasteiger partial charge in [0.15, 0.2) is 0 Å². The molecule has 1 aromatic carbocycles. The molecule has 0 unspecified atom stereocenters. The number of aldehydes is 1. The predicted molar refractivity (Wildman–Crippen MR) is 92.6 cm³/mol. The quantitative estimate of drug-likeness (QED) is 0.563. The van der Waals surface area contributed by atoms with E-state index >= 15 is 0 Å². The number of unbranched alkanes of at least 4 members (excludes halogenated alkanes) is 2. The highest BCUT2D eigenvalue weighted by Crippen LogP contribution is 2.28. The number of anilines is 1. The molecule has 0 radical (unpaired) electrons. The second-order valence-electron chi connectivity index (χ2n) is 5.65. The smallest absolute Gasteiger partial charge is 0.150 e. The Balaban J connectivity index is 3.18. The molecule has 0 saturated carbocycles. The van der Waals surface area contributed by atoms with Crippen LogP contribution < -0.4 is 4.90 Å². The van der Waals surface area contributed by atoms with Gasteiger partial charge in [-0.05, 0) is 48.9 Å². The van der Waals surface area contributed by atoms with Crippen molar-refractivity contribution in [3.05, 3.63) is 28.8 Å². The molecule has 0 amide bonds. The van der Waals surface area contributed by atoms with Crippen LogP contribution in [0.1, 0.15) is 74.9 Å². The number of hydrogen-bond donors (Lipinski definition) is 0. The van der Waals surface area contributed by atoms with Crippen molar-refractivity contribution in [3.8, 4) is 0 Å². The van der Waals surface area contributed by atoms with E-state index in [0.717, 1.165) is 37.8 Å². The molecule has 0 aliphatic heterocycles. The zero-order chi connectivity index (χ0) is 15.7. The molecule has 0 N–H and O–H groups in total. The molecule has 0 atom stereocenters. The normalized spacial score (nSPS) is 10.7. The SMILES string of the molecule is CCCCN(CCCC)c1ccc(C=O)c(CC)c1CC. The summed E-state index contributed by atoms with van der Waals surface area (Å²) in [7, 11) is 0. The van der Waals surface area contributed by atoms with Crippen LogP contribution in [0.2, 0.25) is 0 Å². The molecule has 0 fully saturated rings. The van der Waals surface area contributed by atoms with Gasteiger partial charge < -0.3 is 4.90 Å². The zero-order valence-corrected chi connectivity index (χ0v) is 14.2. The highest BCUT2D eigenvalue weighted by atomic mass is 16.1. The summed E-state index contributed by atoms with van der Waals surface area (Å²) >= 11 is 0. The van der Waals surface area contributed by atoms with Crippen LogP contribution in [-0.4, -0.2) is 19.4 Å². The number of carbonyl (C=O) groups excluding carboxylic acids is 1. The van der Waals surface area contributed by atoms with Crippen molar-refractivity contribution < 1.29 is 4.79 Å². The monoisotopic (exact) mass is 289 g/mol. The van der Waals surface area contributed by atoms with E-state index in [4.69, 9.17) is 0 Å². The van der Waals surface area contributed by atoms with E-state index in [1.165, 1.54) is 42.5 Å². The van der Waals surface area contributed by atoms with Crippen LogP contribution in [0.25, 0.3) is 0 Å². The molecule has 0 aromatic heterocycles. The largest absolute Gasteiger partial charge is 0.371 e. The summed E-state index contributed by atoms with van der Waals surface area (Å²) in [6.45, 7) is 11.1. The summed E-state index contributed by atoms with van der Waals surface area (Å²) in [6.07, 6.45) is 7.82. The van der Waals surface area contributed by atoms with Gasteiger partial charge in [-0.15, -0.1) is 0 Å². The van der Waals surface area contributed by atoms with Gasteiger partial charge in [0.05, 0.1) is 0 Å². The van der Waals surface area contributed by atoms with Crippen LogP contribution in [0.4, 0.5) is 5.69 Å². The molecule has 2 heteroatoms. The molecule has 0 aliphatic carbocycles. The number of hydrogen-bond acceptors (Lipinski definition) is 2. The minimum Gasteiger partial charge on any atom is -0.371 e. The second kappa shape index (κ2) is 9.59. The molecule has 0 bridgehead atoms. The van der Waals surface area contributed by atoms with E-state index in [1.54, 1.807) is 0 Å². The second-order valence-corrected chi connectivity index (χ2v) is 5.65.